The molecule has 0 aliphatic carbocycles. The molecule has 0 aromatic carbocycles. The van der Waals surface area contributed by atoms with Gasteiger partial charge in [0.1, 0.15) is 15.5 Å². The Balaban J connectivity index is 1.58. The molecule has 0 spiro atoms. The van der Waals surface area contributed by atoms with E-state index in [1.54, 1.807) is 0 Å². The summed E-state index contributed by atoms with van der Waals surface area (Å²) in [5.74, 6) is -0.000351. The van der Waals surface area contributed by atoms with Gasteiger partial charge in [-0.1, -0.05) is 11.6 Å². The van der Waals surface area contributed by atoms with Crippen LogP contribution in [-0.4, -0.2) is 46.6 Å². The first-order valence-electron chi connectivity index (χ1n) is 9.14. The average Bonchev–Trinajstić information content (AvgIpc) is 3.19. The molecule has 1 saturated heterocycles. The third-order valence-electron chi connectivity index (χ3n) is 4.28. The highest BCUT2D eigenvalue weighted by molar-refractivity contribution is 7.24. The molecule has 28 heavy (non-hydrogen) atoms. The van der Waals surface area contributed by atoms with Crippen molar-refractivity contribution in [1.29, 1.82) is 0 Å². The quantitative estimate of drug-likeness (QED) is 0.730. The number of carbonyl (C=O) groups excluding carboxylic acids is 2. The zero-order valence-electron chi connectivity index (χ0n) is 16.4. The summed E-state index contributed by atoms with van der Waals surface area (Å²) in [4.78, 5) is 32.9. The van der Waals surface area contributed by atoms with Crippen LogP contribution in [0.5, 0.6) is 0 Å². The summed E-state index contributed by atoms with van der Waals surface area (Å²) in [5, 5.41) is 3.71. The van der Waals surface area contributed by atoms with Crippen LogP contribution in [0, 0.1) is 6.92 Å². The van der Waals surface area contributed by atoms with Gasteiger partial charge in [-0.3, -0.25) is 4.79 Å². The summed E-state index contributed by atoms with van der Waals surface area (Å²) in [5.41, 5.74) is 0.220. The van der Waals surface area contributed by atoms with Crippen molar-refractivity contribution in [3.63, 3.8) is 0 Å². The Kier molecular flexibility index (Phi) is 6.31. The number of nitrogens with one attached hydrogen (secondary N) is 1. The number of ether oxygens (including phenoxy) is 1. The Morgan fingerprint density at radius 3 is 2.50 bits per heavy atom. The number of aromatic nitrogens is 1. The lowest BCUT2D eigenvalue weighted by Crippen LogP contribution is -2.47. The van der Waals surface area contributed by atoms with E-state index >= 15 is 0 Å². The first-order valence-corrected chi connectivity index (χ1v) is 11.2. The van der Waals surface area contributed by atoms with Gasteiger partial charge < -0.3 is 15.0 Å². The molecular weight excluding hydrogens is 418 g/mol. The van der Waals surface area contributed by atoms with Crippen LogP contribution in [0.3, 0.4) is 0 Å². The molecule has 0 atom stereocenters. The maximum atomic E-state index is 12.9. The molecule has 2 aromatic rings. The van der Waals surface area contributed by atoms with E-state index in [0.29, 0.717) is 35.1 Å². The standard InChI is InChI=1S/C19H24ClN3O3S2/c1-11-15(28-16(21-11)13-5-6-14(20)27-13)17(24)23-9-7-12(8-10-23)22-18(25)26-19(2,3)4/h5-6,12H,7-10H2,1-4H3,(H,22,25). The van der Waals surface area contributed by atoms with Crippen LogP contribution in [0.4, 0.5) is 4.79 Å². The second-order valence-electron chi connectivity index (χ2n) is 7.75. The Morgan fingerprint density at radius 1 is 1.25 bits per heavy atom. The van der Waals surface area contributed by atoms with E-state index in [0.717, 1.165) is 15.6 Å². The van der Waals surface area contributed by atoms with E-state index in [4.69, 9.17) is 16.3 Å². The second-order valence-corrected chi connectivity index (χ2v) is 10.5. The van der Waals surface area contributed by atoms with E-state index in [1.807, 2.05) is 44.7 Å². The second kappa shape index (κ2) is 8.39. The summed E-state index contributed by atoms with van der Waals surface area (Å²) >= 11 is 8.87. The number of piperidine rings is 1. The molecule has 1 fully saturated rings. The van der Waals surface area contributed by atoms with Gasteiger partial charge in [-0.15, -0.1) is 22.7 Å². The molecule has 3 heterocycles. The van der Waals surface area contributed by atoms with Gasteiger partial charge in [0, 0.05) is 19.1 Å². The van der Waals surface area contributed by atoms with Crippen molar-refractivity contribution in [3.05, 3.63) is 27.0 Å². The fourth-order valence-electron chi connectivity index (χ4n) is 2.97. The van der Waals surface area contributed by atoms with Crippen molar-refractivity contribution < 1.29 is 14.3 Å². The summed E-state index contributed by atoms with van der Waals surface area (Å²) in [6.07, 6.45) is 1.00. The third kappa shape index (κ3) is 5.24. The SMILES string of the molecule is Cc1nc(-c2ccc(Cl)s2)sc1C(=O)N1CCC(NC(=O)OC(C)(C)C)CC1. The topological polar surface area (TPSA) is 71.5 Å². The van der Waals surface area contributed by atoms with Crippen LogP contribution < -0.4 is 5.32 Å². The lowest BCUT2D eigenvalue weighted by Gasteiger charge is -2.32. The van der Waals surface area contributed by atoms with Crippen molar-refractivity contribution in [2.45, 2.75) is 52.2 Å². The maximum absolute atomic E-state index is 12.9. The lowest BCUT2D eigenvalue weighted by atomic mass is 10.0. The summed E-state index contributed by atoms with van der Waals surface area (Å²) < 4.78 is 6.00. The summed E-state index contributed by atoms with van der Waals surface area (Å²) in [6.45, 7) is 8.56. The molecule has 3 rings (SSSR count). The predicted octanol–water partition coefficient (Wildman–Crippen LogP) is 4.96. The van der Waals surface area contributed by atoms with Gasteiger partial charge in [-0.25, -0.2) is 9.78 Å². The van der Waals surface area contributed by atoms with Crippen molar-refractivity contribution in [3.8, 4) is 9.88 Å². The number of alkyl carbamates (subject to hydrolysis) is 1. The highest BCUT2D eigenvalue weighted by atomic mass is 35.5. The zero-order valence-corrected chi connectivity index (χ0v) is 18.8. The van der Waals surface area contributed by atoms with Gasteiger partial charge in [0.25, 0.3) is 5.91 Å². The third-order valence-corrected chi connectivity index (χ3v) is 6.82. The Morgan fingerprint density at radius 2 is 1.93 bits per heavy atom. The fraction of sp³-hybridized carbons (Fsp3) is 0.526. The minimum absolute atomic E-state index is 0.000351. The van der Waals surface area contributed by atoms with Gasteiger partial charge in [0.2, 0.25) is 0 Å². The Labute approximate surface area is 177 Å². The minimum atomic E-state index is -0.519. The number of carbonyl (C=O) groups is 2. The number of rotatable bonds is 3. The van der Waals surface area contributed by atoms with Crippen molar-refractivity contribution in [2.75, 3.05) is 13.1 Å². The first kappa shape index (κ1) is 21.1. The normalized spacial score (nSPS) is 15.5. The van der Waals surface area contributed by atoms with Crippen LogP contribution >= 0.6 is 34.3 Å². The summed E-state index contributed by atoms with van der Waals surface area (Å²) in [7, 11) is 0. The van der Waals surface area contributed by atoms with Crippen LogP contribution in [0.1, 0.15) is 49.0 Å². The van der Waals surface area contributed by atoms with Gasteiger partial charge >= 0.3 is 6.09 Å². The number of aryl methyl sites for hydroxylation is 1. The molecule has 1 aliphatic rings. The van der Waals surface area contributed by atoms with E-state index in [9.17, 15) is 9.59 Å². The molecular formula is C19H24ClN3O3S2. The van der Waals surface area contributed by atoms with E-state index in [-0.39, 0.29) is 11.9 Å². The molecule has 0 radical (unpaired) electrons. The van der Waals surface area contributed by atoms with E-state index in [2.05, 4.69) is 10.3 Å². The number of halogens is 1. The van der Waals surface area contributed by atoms with Crippen LogP contribution in [-0.2, 0) is 4.74 Å². The van der Waals surface area contributed by atoms with Gasteiger partial charge in [-0.05, 0) is 52.7 Å². The number of nitrogens with zero attached hydrogens (tertiary/aromatic N) is 2. The molecule has 6 nitrogen and oxygen atoms in total. The average molecular weight is 442 g/mol. The molecule has 0 unspecified atom stereocenters. The van der Waals surface area contributed by atoms with Crippen LogP contribution in [0.15, 0.2) is 12.1 Å². The molecule has 1 aliphatic heterocycles. The van der Waals surface area contributed by atoms with Gasteiger partial charge in [-0.2, -0.15) is 0 Å². The smallest absolute Gasteiger partial charge is 0.407 e. The monoisotopic (exact) mass is 441 g/mol. The van der Waals surface area contributed by atoms with E-state index < -0.39 is 11.7 Å². The predicted molar refractivity (Wildman–Crippen MR) is 113 cm³/mol. The largest absolute Gasteiger partial charge is 0.444 e. The van der Waals surface area contributed by atoms with Gasteiger partial charge in [0.05, 0.1) is 14.9 Å². The number of thiophene rings is 1. The molecule has 2 amide bonds. The van der Waals surface area contributed by atoms with Gasteiger partial charge in [0.15, 0.2) is 0 Å². The number of thiazole rings is 1. The maximum Gasteiger partial charge on any atom is 0.407 e. The summed E-state index contributed by atoms with van der Waals surface area (Å²) in [6, 6.07) is 3.78. The van der Waals surface area contributed by atoms with Crippen molar-refractivity contribution in [2.24, 2.45) is 0 Å². The Hall–Kier alpha value is -1.64. The van der Waals surface area contributed by atoms with Crippen molar-refractivity contribution in [1.82, 2.24) is 15.2 Å². The number of hydrogen-bond donors (Lipinski definition) is 1. The molecule has 152 valence electrons. The van der Waals surface area contributed by atoms with Crippen molar-refractivity contribution >= 4 is 46.3 Å². The van der Waals surface area contributed by atoms with E-state index in [1.165, 1.54) is 22.7 Å². The molecule has 0 saturated carbocycles. The fourth-order valence-corrected chi connectivity index (χ4v) is 5.11. The number of hydrogen-bond acceptors (Lipinski definition) is 6. The molecule has 1 N–H and O–H groups in total. The first-order chi connectivity index (χ1) is 13.1. The Bertz CT molecular complexity index is 864. The zero-order chi connectivity index (χ0) is 20.5. The highest BCUT2D eigenvalue weighted by Gasteiger charge is 2.28. The number of likely N-dealkylation sites (tertiary alicyclic amines) is 1. The van der Waals surface area contributed by atoms with Crippen LogP contribution in [0.25, 0.3) is 9.88 Å². The van der Waals surface area contributed by atoms with Crippen LogP contribution in [0.2, 0.25) is 4.34 Å². The number of amides is 2. The lowest BCUT2D eigenvalue weighted by molar-refractivity contribution is 0.0474. The molecule has 9 heteroatoms. The highest BCUT2D eigenvalue weighted by Crippen LogP contribution is 2.35. The molecule has 2 aromatic heterocycles. The minimum Gasteiger partial charge on any atom is -0.444 e. The molecule has 0 bridgehead atoms.